The lowest BCUT2D eigenvalue weighted by molar-refractivity contribution is -0.142. The summed E-state index contributed by atoms with van der Waals surface area (Å²) in [6.45, 7) is 1.05. The minimum absolute atomic E-state index is 0.00287. The number of rotatable bonds is 35. The molecule has 9 atom stereocenters. The summed E-state index contributed by atoms with van der Waals surface area (Å²) < 4.78 is 0. The summed E-state index contributed by atoms with van der Waals surface area (Å²) in [4.78, 5) is 157. The zero-order valence-corrected chi connectivity index (χ0v) is 43.7. The number of primary amides is 2. The summed E-state index contributed by atoms with van der Waals surface area (Å²) in [6, 6.07) is -4.19. The van der Waals surface area contributed by atoms with Crippen LogP contribution in [0.2, 0.25) is 0 Å². The Morgan fingerprint density at radius 1 is 0.487 bits per heavy atom. The number of amides is 10. The van der Waals surface area contributed by atoms with Crippen molar-refractivity contribution in [1.29, 1.82) is 0 Å². The van der Waals surface area contributed by atoms with Crippen LogP contribution in [0.25, 0.3) is 0 Å². The maximum absolute atomic E-state index is 14.2. The van der Waals surface area contributed by atoms with Gasteiger partial charge < -0.3 is 90.4 Å². The molecule has 10 amide bonds. The highest BCUT2D eigenvalue weighted by Crippen LogP contribution is 2.15. The van der Waals surface area contributed by atoms with Crippen molar-refractivity contribution >= 4 is 82.8 Å². The third kappa shape index (κ3) is 23.8. The lowest BCUT2D eigenvalue weighted by atomic mass is 10.00. The minimum atomic E-state index is -2.11. The van der Waals surface area contributed by atoms with E-state index in [1.54, 1.807) is 20.1 Å². The Hall–Kier alpha value is -8.09. The van der Waals surface area contributed by atoms with E-state index in [0.29, 0.717) is 16.9 Å². The van der Waals surface area contributed by atoms with E-state index in [1.165, 1.54) is 60.3 Å². The predicted octanol–water partition coefficient (Wildman–Crippen LogP) is -5.43. The zero-order valence-electron chi connectivity index (χ0n) is 42.9. The number of nitrogens with one attached hydrogen (secondary N) is 8. The minimum Gasteiger partial charge on any atom is -0.508 e. The summed E-state index contributed by atoms with van der Waals surface area (Å²) in [5.41, 5.74) is 17.5. The van der Waals surface area contributed by atoms with Crippen molar-refractivity contribution < 1.29 is 88.2 Å². The van der Waals surface area contributed by atoms with Gasteiger partial charge in [-0.3, -0.25) is 52.7 Å². The molecule has 30 heteroatoms. The SMILES string of the molecule is CSCC[C@H](NC(=O)[C@H](CCC(N)=O)NC(=O)[C@H](Cc1ccc(O)cc1)NC(=O)[C@H](CC(C)C)NC(=O)[C@H](CC(N)=O)NC(=O)[C@H](CC(=O)O)NC(=O)[C@H](CO)NC(=O)[C@H](CO)NC(=O)[C@@H](N)Cc1ccc(O)cc1)C(=O)O. The fourth-order valence-corrected chi connectivity index (χ4v) is 7.65. The van der Waals surface area contributed by atoms with E-state index in [2.05, 4.69) is 31.9 Å². The van der Waals surface area contributed by atoms with Crippen LogP contribution in [-0.2, 0) is 70.4 Å². The van der Waals surface area contributed by atoms with E-state index in [9.17, 15) is 88.2 Å². The highest BCUT2D eigenvalue weighted by molar-refractivity contribution is 7.98. The summed E-state index contributed by atoms with van der Waals surface area (Å²) in [7, 11) is 0. The number of aliphatic hydroxyl groups excluding tert-OH is 2. The van der Waals surface area contributed by atoms with Crippen LogP contribution in [0, 0.1) is 5.92 Å². The van der Waals surface area contributed by atoms with Crippen LogP contribution < -0.4 is 59.7 Å². The number of carbonyl (C=O) groups excluding carboxylic acids is 10. The molecule has 2 aromatic carbocycles. The van der Waals surface area contributed by atoms with Gasteiger partial charge >= 0.3 is 11.9 Å². The highest BCUT2D eigenvalue weighted by atomic mass is 32.2. The van der Waals surface area contributed by atoms with Gasteiger partial charge in [-0.05, 0) is 79.0 Å². The van der Waals surface area contributed by atoms with E-state index in [4.69, 9.17) is 17.2 Å². The number of carbonyl (C=O) groups is 12. The molecule has 0 radical (unpaired) electrons. The fraction of sp³-hybridized carbons (Fsp3) is 0.500. The predicted molar refractivity (Wildman–Crippen MR) is 276 cm³/mol. The molecular weight excluding hydrogens is 1050 g/mol. The quantitative estimate of drug-likeness (QED) is 0.0306. The number of aliphatic hydroxyl groups is 2. The Labute approximate surface area is 451 Å². The van der Waals surface area contributed by atoms with Crippen molar-refractivity contribution in [2.45, 2.75) is 120 Å². The normalized spacial score (nSPS) is 14.4. The fourth-order valence-electron chi connectivity index (χ4n) is 7.17. The molecule has 0 heterocycles. The first-order chi connectivity index (χ1) is 36.7. The summed E-state index contributed by atoms with van der Waals surface area (Å²) in [6.07, 6.45) is -1.89. The first kappa shape index (κ1) is 66.0. The van der Waals surface area contributed by atoms with Gasteiger partial charge in [-0.2, -0.15) is 11.8 Å². The number of hydrogen-bond acceptors (Lipinski definition) is 18. The molecule has 0 unspecified atom stereocenters. The molecule has 0 spiro atoms. The standard InChI is InChI=1S/C48H69N11O18S/c1-23(2)16-31(42(70)55-32(18-25-6-10-27(63)11-7-25)43(71)52-29(12-13-37(50)64)41(69)53-30(48(76)77)14-15-78-3)54-44(72)33(19-38(51)65)56-45(73)34(20-39(66)67)57-46(74)36(22-61)59-47(75)35(21-60)58-40(68)28(49)17-24-4-8-26(62)9-5-24/h4-11,23,28-36,60-63H,12-22,49H2,1-3H3,(H2,50,64)(H2,51,65)(H,52,71)(H,53,69)(H,54,72)(H,55,70)(H,56,73)(H,57,74)(H,58,68)(H,59,75)(H,66,67)(H,76,77)/t28-,29-,30-,31-,32-,33-,34-,35-,36-/m0/s1. The van der Waals surface area contributed by atoms with E-state index in [-0.39, 0.29) is 37.2 Å². The lowest BCUT2D eigenvalue weighted by Crippen LogP contribution is -2.61. The van der Waals surface area contributed by atoms with Gasteiger partial charge in [0, 0.05) is 12.8 Å². The first-order valence-corrected chi connectivity index (χ1v) is 25.5. The second-order valence-electron chi connectivity index (χ2n) is 18.2. The Balaban J connectivity index is 2.38. The molecule has 0 aliphatic heterocycles. The van der Waals surface area contributed by atoms with Gasteiger partial charge in [-0.1, -0.05) is 38.1 Å². The van der Waals surface area contributed by atoms with E-state index < -0.39 is 170 Å². The first-order valence-electron chi connectivity index (χ1n) is 24.1. The van der Waals surface area contributed by atoms with Gasteiger partial charge in [0.2, 0.25) is 59.1 Å². The molecule has 0 saturated heterocycles. The largest absolute Gasteiger partial charge is 0.508 e. The van der Waals surface area contributed by atoms with E-state index in [1.807, 2.05) is 10.6 Å². The Morgan fingerprint density at radius 2 is 0.872 bits per heavy atom. The monoisotopic (exact) mass is 1120 g/mol. The smallest absolute Gasteiger partial charge is 0.326 e. The Kier molecular flexibility index (Phi) is 28.1. The lowest BCUT2D eigenvalue weighted by Gasteiger charge is -2.28. The second kappa shape index (κ2) is 33.2. The maximum atomic E-state index is 14.2. The van der Waals surface area contributed by atoms with Crippen LogP contribution >= 0.6 is 11.8 Å². The molecule has 0 aromatic heterocycles. The van der Waals surface area contributed by atoms with Gasteiger partial charge in [-0.25, -0.2) is 4.79 Å². The molecule has 430 valence electrons. The summed E-state index contributed by atoms with van der Waals surface area (Å²) in [5.74, 6) is -14.7. The number of carboxylic acid groups (broad SMARTS) is 2. The Morgan fingerprint density at radius 3 is 1.32 bits per heavy atom. The number of nitrogens with two attached hydrogens (primary N) is 3. The second-order valence-corrected chi connectivity index (χ2v) is 19.2. The number of benzene rings is 2. The average Bonchev–Trinajstić information content (AvgIpc) is 3.36. The maximum Gasteiger partial charge on any atom is 0.326 e. The molecule has 29 nitrogen and oxygen atoms in total. The van der Waals surface area contributed by atoms with Gasteiger partial charge in [0.15, 0.2) is 0 Å². The van der Waals surface area contributed by atoms with Crippen molar-refractivity contribution in [2.75, 3.05) is 25.2 Å². The number of phenolic OH excluding ortho intramolecular Hbond substituents is 2. The molecule has 78 heavy (non-hydrogen) atoms. The van der Waals surface area contributed by atoms with Gasteiger partial charge in [0.1, 0.15) is 59.8 Å². The van der Waals surface area contributed by atoms with Crippen LogP contribution in [0.3, 0.4) is 0 Å². The molecular formula is C48H69N11O18S. The molecule has 0 aliphatic carbocycles. The highest BCUT2D eigenvalue weighted by Gasteiger charge is 2.36. The van der Waals surface area contributed by atoms with Crippen LogP contribution in [-0.4, -0.2) is 181 Å². The third-order valence-corrected chi connectivity index (χ3v) is 11.9. The number of aliphatic carboxylic acids is 2. The average molecular weight is 1120 g/mol. The van der Waals surface area contributed by atoms with Crippen molar-refractivity contribution in [3.63, 3.8) is 0 Å². The zero-order chi connectivity index (χ0) is 58.8. The van der Waals surface area contributed by atoms with Gasteiger partial charge in [-0.15, -0.1) is 0 Å². The van der Waals surface area contributed by atoms with Crippen LogP contribution in [0.4, 0.5) is 0 Å². The topological polar surface area (TPSA) is 501 Å². The molecule has 0 saturated carbocycles. The third-order valence-electron chi connectivity index (χ3n) is 11.3. The molecule has 20 N–H and O–H groups in total. The molecule has 0 fully saturated rings. The van der Waals surface area contributed by atoms with Crippen LogP contribution in [0.1, 0.15) is 63.5 Å². The number of thioether (sulfide) groups is 1. The number of aromatic hydroxyl groups is 2. The molecule has 0 aliphatic rings. The number of phenols is 2. The molecule has 2 rings (SSSR count). The molecule has 0 bridgehead atoms. The van der Waals surface area contributed by atoms with Crippen molar-refractivity contribution in [3.05, 3.63) is 59.7 Å². The van der Waals surface area contributed by atoms with E-state index in [0.717, 1.165) is 0 Å². The van der Waals surface area contributed by atoms with Crippen molar-refractivity contribution in [1.82, 2.24) is 42.5 Å². The van der Waals surface area contributed by atoms with Crippen LogP contribution in [0.15, 0.2) is 48.5 Å². The summed E-state index contributed by atoms with van der Waals surface area (Å²) in [5, 5.41) is 76.7. The van der Waals surface area contributed by atoms with Crippen molar-refractivity contribution in [2.24, 2.45) is 23.1 Å². The molecule has 2 aromatic rings. The van der Waals surface area contributed by atoms with Crippen molar-refractivity contribution in [3.8, 4) is 11.5 Å². The van der Waals surface area contributed by atoms with Gasteiger partial charge in [0.25, 0.3) is 0 Å². The van der Waals surface area contributed by atoms with E-state index >= 15 is 0 Å². The summed E-state index contributed by atoms with van der Waals surface area (Å²) >= 11 is 1.31. The number of hydrogen-bond donors (Lipinski definition) is 17. The Bertz CT molecular complexity index is 2430. The van der Waals surface area contributed by atoms with Crippen LogP contribution in [0.5, 0.6) is 11.5 Å². The van der Waals surface area contributed by atoms with Gasteiger partial charge in [0.05, 0.1) is 32.1 Å². The number of carboxylic acids is 2.